The van der Waals surface area contributed by atoms with Gasteiger partial charge >= 0.3 is 0 Å². The lowest BCUT2D eigenvalue weighted by atomic mass is 9.98. The van der Waals surface area contributed by atoms with Crippen LogP contribution in [-0.4, -0.2) is 57.7 Å². The lowest BCUT2D eigenvalue weighted by molar-refractivity contribution is -0.121. The summed E-state index contributed by atoms with van der Waals surface area (Å²) in [6.07, 6.45) is 7.39. The van der Waals surface area contributed by atoms with Crippen LogP contribution < -0.4 is 5.32 Å². The van der Waals surface area contributed by atoms with E-state index in [1.807, 2.05) is 0 Å². The van der Waals surface area contributed by atoms with Crippen molar-refractivity contribution in [1.82, 2.24) is 29.3 Å². The van der Waals surface area contributed by atoms with Gasteiger partial charge in [0, 0.05) is 31.4 Å². The molecule has 2 aromatic heterocycles. The van der Waals surface area contributed by atoms with Crippen molar-refractivity contribution in [3.63, 3.8) is 0 Å². The van der Waals surface area contributed by atoms with E-state index in [1.54, 1.807) is 23.3 Å². The molecule has 1 amide bonds. The van der Waals surface area contributed by atoms with Gasteiger partial charge in [0.25, 0.3) is 0 Å². The smallest absolute Gasteiger partial charge is 0.246 e. The summed E-state index contributed by atoms with van der Waals surface area (Å²) in [7, 11) is -3.15. The molecule has 1 aliphatic heterocycles. The minimum absolute atomic E-state index is 0.0668. The maximum atomic E-state index is 11.8. The first kappa shape index (κ1) is 17.5. The molecule has 0 aliphatic carbocycles. The van der Waals surface area contributed by atoms with E-state index in [0.29, 0.717) is 37.6 Å². The third-order valence-corrected chi connectivity index (χ3v) is 5.40. The van der Waals surface area contributed by atoms with Gasteiger partial charge in [-0.2, -0.15) is 4.98 Å². The second kappa shape index (κ2) is 7.31. The highest BCUT2D eigenvalue weighted by Gasteiger charge is 2.28. The van der Waals surface area contributed by atoms with E-state index in [1.165, 1.54) is 10.6 Å². The normalized spacial score (nSPS) is 16.8. The Labute approximate surface area is 145 Å². The molecular formula is C14H20N6O4S. The second-order valence-electron chi connectivity index (χ2n) is 5.99. The Kier molecular flexibility index (Phi) is 5.13. The van der Waals surface area contributed by atoms with Crippen LogP contribution in [0.15, 0.2) is 23.2 Å². The van der Waals surface area contributed by atoms with Gasteiger partial charge in [-0.05, 0) is 12.8 Å². The molecule has 0 saturated carbocycles. The van der Waals surface area contributed by atoms with E-state index >= 15 is 0 Å². The van der Waals surface area contributed by atoms with Gasteiger partial charge in [0.1, 0.15) is 6.54 Å². The third kappa shape index (κ3) is 4.63. The minimum atomic E-state index is -3.15. The van der Waals surface area contributed by atoms with Gasteiger partial charge in [0.15, 0.2) is 5.82 Å². The number of piperidine rings is 1. The topological polar surface area (TPSA) is 123 Å². The van der Waals surface area contributed by atoms with Crippen molar-refractivity contribution in [3.05, 3.63) is 30.4 Å². The Morgan fingerprint density at radius 3 is 2.80 bits per heavy atom. The molecular weight excluding hydrogens is 348 g/mol. The van der Waals surface area contributed by atoms with Crippen LogP contribution in [0.2, 0.25) is 0 Å². The zero-order chi connectivity index (χ0) is 17.9. The largest absolute Gasteiger partial charge is 0.345 e. The van der Waals surface area contributed by atoms with Gasteiger partial charge < -0.3 is 14.4 Å². The Bertz CT molecular complexity index is 808. The van der Waals surface area contributed by atoms with Crippen molar-refractivity contribution in [2.45, 2.75) is 31.8 Å². The summed E-state index contributed by atoms with van der Waals surface area (Å²) in [5.41, 5.74) is 0. The number of sulfonamides is 1. The number of aromatic nitrogens is 4. The van der Waals surface area contributed by atoms with E-state index in [0.717, 1.165) is 0 Å². The van der Waals surface area contributed by atoms with Crippen LogP contribution in [0.3, 0.4) is 0 Å². The van der Waals surface area contributed by atoms with E-state index in [2.05, 4.69) is 20.4 Å². The SMILES string of the molecule is CS(=O)(=O)N1CCC(c2noc(CNC(=O)Cn3ccnc3)n2)CC1. The van der Waals surface area contributed by atoms with E-state index in [4.69, 9.17) is 4.52 Å². The summed E-state index contributed by atoms with van der Waals surface area (Å²) in [6.45, 7) is 1.23. The van der Waals surface area contributed by atoms with Gasteiger partial charge in [-0.1, -0.05) is 5.16 Å². The van der Waals surface area contributed by atoms with Crippen molar-refractivity contribution >= 4 is 15.9 Å². The first-order valence-electron chi connectivity index (χ1n) is 7.92. The molecule has 3 rings (SSSR count). The number of hydrogen-bond acceptors (Lipinski definition) is 7. The zero-order valence-corrected chi connectivity index (χ0v) is 14.6. The standard InChI is InChI=1S/C14H20N6O4S/c1-25(22,23)20-5-2-11(3-6-20)14-17-13(24-18-14)8-16-12(21)9-19-7-4-15-10-19/h4,7,10-11H,2-3,5-6,8-9H2,1H3,(H,16,21). The summed E-state index contributed by atoms with van der Waals surface area (Å²) >= 11 is 0. The van der Waals surface area contributed by atoms with Crippen molar-refractivity contribution in [1.29, 1.82) is 0 Å². The van der Waals surface area contributed by atoms with E-state index in [-0.39, 0.29) is 24.9 Å². The number of rotatable bonds is 6. The summed E-state index contributed by atoms with van der Waals surface area (Å²) in [6, 6.07) is 0. The Hall–Kier alpha value is -2.27. The van der Waals surface area contributed by atoms with Crippen molar-refractivity contribution in [3.8, 4) is 0 Å². The van der Waals surface area contributed by atoms with Crippen LogP contribution in [0, 0.1) is 0 Å². The van der Waals surface area contributed by atoms with Crippen LogP contribution in [0.5, 0.6) is 0 Å². The zero-order valence-electron chi connectivity index (χ0n) is 13.8. The number of nitrogens with one attached hydrogen (secondary N) is 1. The van der Waals surface area contributed by atoms with Gasteiger partial charge in [-0.3, -0.25) is 4.79 Å². The number of imidazole rings is 1. The van der Waals surface area contributed by atoms with Gasteiger partial charge in [-0.15, -0.1) is 0 Å². The molecule has 0 unspecified atom stereocenters. The number of amides is 1. The fraction of sp³-hybridized carbons (Fsp3) is 0.571. The predicted molar refractivity (Wildman–Crippen MR) is 86.8 cm³/mol. The summed E-state index contributed by atoms with van der Waals surface area (Å²) < 4.78 is 31.3. The first-order valence-corrected chi connectivity index (χ1v) is 9.76. The maximum Gasteiger partial charge on any atom is 0.246 e. The van der Waals surface area contributed by atoms with Crippen LogP contribution in [0.4, 0.5) is 0 Å². The van der Waals surface area contributed by atoms with Gasteiger partial charge in [0.05, 0.1) is 19.1 Å². The molecule has 11 heteroatoms. The minimum Gasteiger partial charge on any atom is -0.345 e. The Morgan fingerprint density at radius 2 is 2.16 bits per heavy atom. The highest BCUT2D eigenvalue weighted by atomic mass is 32.2. The molecule has 0 aromatic carbocycles. The fourth-order valence-electron chi connectivity index (χ4n) is 2.73. The first-order chi connectivity index (χ1) is 11.9. The van der Waals surface area contributed by atoms with Crippen LogP contribution in [0.25, 0.3) is 0 Å². The van der Waals surface area contributed by atoms with Gasteiger partial charge in [0.2, 0.25) is 21.8 Å². The highest BCUT2D eigenvalue weighted by Crippen LogP contribution is 2.26. The van der Waals surface area contributed by atoms with E-state index in [9.17, 15) is 13.2 Å². The van der Waals surface area contributed by atoms with Crippen molar-refractivity contribution < 1.29 is 17.7 Å². The fourth-order valence-corrected chi connectivity index (χ4v) is 3.60. The molecule has 0 spiro atoms. The lowest BCUT2D eigenvalue weighted by Gasteiger charge is -2.28. The predicted octanol–water partition coefficient (Wildman–Crippen LogP) is -0.278. The van der Waals surface area contributed by atoms with E-state index < -0.39 is 10.0 Å². The monoisotopic (exact) mass is 368 g/mol. The second-order valence-corrected chi connectivity index (χ2v) is 7.98. The average molecular weight is 368 g/mol. The quantitative estimate of drug-likeness (QED) is 0.744. The molecule has 1 saturated heterocycles. The molecule has 10 nitrogen and oxygen atoms in total. The van der Waals surface area contributed by atoms with Crippen molar-refractivity contribution in [2.24, 2.45) is 0 Å². The molecule has 3 heterocycles. The summed E-state index contributed by atoms with van der Waals surface area (Å²) in [4.78, 5) is 20.0. The van der Waals surface area contributed by atoms with Crippen LogP contribution in [0.1, 0.15) is 30.5 Å². The van der Waals surface area contributed by atoms with Gasteiger partial charge in [-0.25, -0.2) is 17.7 Å². The Morgan fingerprint density at radius 1 is 1.40 bits per heavy atom. The molecule has 1 N–H and O–H groups in total. The highest BCUT2D eigenvalue weighted by molar-refractivity contribution is 7.88. The van der Waals surface area contributed by atoms with Crippen LogP contribution >= 0.6 is 0 Å². The molecule has 136 valence electrons. The summed E-state index contributed by atoms with van der Waals surface area (Å²) in [5, 5.41) is 6.67. The van der Waals surface area contributed by atoms with Crippen molar-refractivity contribution in [2.75, 3.05) is 19.3 Å². The molecule has 1 fully saturated rings. The number of carbonyl (C=O) groups excluding carboxylic acids is 1. The lowest BCUT2D eigenvalue weighted by Crippen LogP contribution is -2.37. The molecule has 2 aromatic rings. The summed E-state index contributed by atoms with van der Waals surface area (Å²) in [5.74, 6) is 0.780. The molecule has 1 aliphatic rings. The number of hydrogen-bond donors (Lipinski definition) is 1. The molecule has 25 heavy (non-hydrogen) atoms. The third-order valence-electron chi connectivity index (χ3n) is 4.09. The molecule has 0 radical (unpaired) electrons. The van der Waals surface area contributed by atoms with Crippen LogP contribution in [-0.2, 0) is 27.9 Å². The Balaban J connectivity index is 1.49. The molecule has 0 atom stereocenters. The maximum absolute atomic E-state index is 11.8. The average Bonchev–Trinajstić information content (AvgIpc) is 3.24. The number of nitrogens with zero attached hydrogens (tertiary/aromatic N) is 5. The number of carbonyl (C=O) groups is 1. The molecule has 0 bridgehead atoms.